The lowest BCUT2D eigenvalue weighted by Gasteiger charge is -1.93. The van der Waals surface area contributed by atoms with Crippen molar-refractivity contribution in [1.82, 2.24) is 10.1 Å². The molecule has 2 N–H and O–H groups in total. The average molecular weight is 160 g/mol. The zero-order valence-electron chi connectivity index (χ0n) is 6.19. The van der Waals surface area contributed by atoms with Crippen LogP contribution in [-0.2, 0) is 0 Å². The van der Waals surface area contributed by atoms with Gasteiger partial charge in [0.1, 0.15) is 0 Å². The molecule has 0 aliphatic rings. The Morgan fingerprint density at radius 2 is 2.00 bits per heavy atom. The van der Waals surface area contributed by atoms with Gasteiger partial charge in [-0.25, -0.2) is 0 Å². The van der Waals surface area contributed by atoms with Gasteiger partial charge in [0.05, 0.1) is 0 Å². The van der Waals surface area contributed by atoms with Crippen molar-refractivity contribution in [2.24, 2.45) is 0 Å². The Balaban J connectivity index is 2.43. The number of nitrogens with zero attached hydrogens (tertiary/aromatic N) is 2. The number of hydrogen-bond acceptors (Lipinski definition) is 4. The van der Waals surface area contributed by atoms with Crippen LogP contribution < -0.4 is 5.73 Å². The van der Waals surface area contributed by atoms with E-state index in [1.807, 2.05) is 12.1 Å². The molecule has 59 valence electrons. The van der Waals surface area contributed by atoms with E-state index in [0.717, 1.165) is 5.56 Å². The second-order valence-electron chi connectivity index (χ2n) is 2.33. The van der Waals surface area contributed by atoms with Crippen molar-refractivity contribution in [1.29, 1.82) is 0 Å². The summed E-state index contributed by atoms with van der Waals surface area (Å²) in [5.74, 6) is 0.523. The van der Waals surface area contributed by atoms with E-state index in [-0.39, 0.29) is 0 Å². The number of benzene rings is 1. The van der Waals surface area contributed by atoms with E-state index in [1.165, 1.54) is 0 Å². The fourth-order valence-corrected chi connectivity index (χ4v) is 0.897. The highest BCUT2D eigenvalue weighted by atomic mass is 16.5. The Bertz CT molecular complexity index is 352. The van der Waals surface area contributed by atoms with Gasteiger partial charge in [0, 0.05) is 11.3 Å². The SMILES string of the molecule is Nc1ccc(-c2n[c]on2)cc1. The van der Waals surface area contributed by atoms with Gasteiger partial charge in [-0.05, 0) is 24.3 Å². The Kier molecular flexibility index (Phi) is 1.51. The standard InChI is InChI=1S/C8H6N3O/c9-7-3-1-6(2-4-7)8-10-5-12-11-8/h1-4H,9H2. The van der Waals surface area contributed by atoms with Crippen molar-refractivity contribution in [2.75, 3.05) is 5.73 Å². The predicted molar refractivity (Wildman–Crippen MR) is 43.0 cm³/mol. The number of nitrogens with two attached hydrogens (primary N) is 1. The third kappa shape index (κ3) is 1.14. The normalized spacial score (nSPS) is 10.0. The highest BCUT2D eigenvalue weighted by molar-refractivity contribution is 5.57. The third-order valence-corrected chi connectivity index (χ3v) is 1.49. The maximum Gasteiger partial charge on any atom is 0.316 e. The lowest BCUT2D eigenvalue weighted by Crippen LogP contribution is -1.84. The first-order valence-electron chi connectivity index (χ1n) is 3.42. The van der Waals surface area contributed by atoms with Crippen LogP contribution >= 0.6 is 0 Å². The van der Waals surface area contributed by atoms with Crippen LogP contribution in [0, 0.1) is 6.39 Å². The van der Waals surface area contributed by atoms with Crippen LogP contribution in [0.25, 0.3) is 11.4 Å². The first-order valence-corrected chi connectivity index (χ1v) is 3.42. The molecule has 0 amide bonds. The zero-order valence-corrected chi connectivity index (χ0v) is 6.19. The molecule has 0 fully saturated rings. The highest BCUT2D eigenvalue weighted by Gasteiger charge is 2.01. The molecule has 0 spiro atoms. The molecule has 1 aromatic carbocycles. The minimum Gasteiger partial charge on any atom is -0.399 e. The topological polar surface area (TPSA) is 64.9 Å². The summed E-state index contributed by atoms with van der Waals surface area (Å²) in [4.78, 5) is 3.77. The van der Waals surface area contributed by atoms with E-state index in [2.05, 4.69) is 21.1 Å². The molecule has 0 aliphatic carbocycles. The minimum atomic E-state index is 0.523. The second-order valence-corrected chi connectivity index (χ2v) is 2.33. The van der Waals surface area contributed by atoms with Gasteiger partial charge in [0.25, 0.3) is 0 Å². The zero-order chi connectivity index (χ0) is 8.39. The van der Waals surface area contributed by atoms with Crippen molar-refractivity contribution >= 4 is 5.69 Å². The number of anilines is 1. The molecule has 2 aromatic rings. The van der Waals surface area contributed by atoms with Gasteiger partial charge in [-0.3, -0.25) is 0 Å². The summed E-state index contributed by atoms with van der Waals surface area (Å²) >= 11 is 0. The molecule has 1 aromatic heterocycles. The van der Waals surface area contributed by atoms with Gasteiger partial charge in [-0.2, -0.15) is 4.98 Å². The summed E-state index contributed by atoms with van der Waals surface area (Å²) in [5, 5.41) is 3.63. The summed E-state index contributed by atoms with van der Waals surface area (Å²) < 4.78 is 4.48. The van der Waals surface area contributed by atoms with Crippen LogP contribution in [0.5, 0.6) is 0 Å². The van der Waals surface area contributed by atoms with E-state index < -0.39 is 0 Å². The Labute approximate surface area is 69.0 Å². The summed E-state index contributed by atoms with van der Waals surface area (Å²) in [6, 6.07) is 7.22. The molecule has 2 rings (SSSR count). The smallest absolute Gasteiger partial charge is 0.316 e. The van der Waals surface area contributed by atoms with Crippen molar-refractivity contribution in [3.63, 3.8) is 0 Å². The number of hydrogen-bond donors (Lipinski definition) is 1. The van der Waals surface area contributed by atoms with Crippen LogP contribution in [0.3, 0.4) is 0 Å². The average Bonchev–Trinajstić information content (AvgIpc) is 2.58. The molecule has 1 radical (unpaired) electrons. The van der Waals surface area contributed by atoms with Crippen LogP contribution in [-0.4, -0.2) is 10.1 Å². The summed E-state index contributed by atoms with van der Waals surface area (Å²) in [7, 11) is 0. The Morgan fingerprint density at radius 1 is 1.25 bits per heavy atom. The number of nitrogen functional groups attached to an aromatic ring is 1. The molecule has 0 bridgehead atoms. The fraction of sp³-hybridized carbons (Fsp3) is 0. The van der Waals surface area contributed by atoms with E-state index in [4.69, 9.17) is 5.73 Å². The van der Waals surface area contributed by atoms with E-state index in [0.29, 0.717) is 11.5 Å². The molecular formula is C8H6N3O. The third-order valence-electron chi connectivity index (χ3n) is 1.49. The molecule has 0 saturated heterocycles. The van der Waals surface area contributed by atoms with Gasteiger partial charge >= 0.3 is 6.39 Å². The van der Waals surface area contributed by atoms with Gasteiger partial charge in [0.2, 0.25) is 5.82 Å². The molecule has 0 atom stereocenters. The van der Waals surface area contributed by atoms with Gasteiger partial charge in [0.15, 0.2) is 0 Å². The minimum absolute atomic E-state index is 0.523. The second kappa shape index (κ2) is 2.65. The van der Waals surface area contributed by atoms with Crippen molar-refractivity contribution in [3.8, 4) is 11.4 Å². The van der Waals surface area contributed by atoms with Gasteiger partial charge in [-0.15, -0.1) is 0 Å². The summed E-state index contributed by atoms with van der Waals surface area (Å²) in [6.07, 6.45) is 2.28. The first-order chi connectivity index (χ1) is 5.86. The van der Waals surface area contributed by atoms with Gasteiger partial charge < -0.3 is 10.3 Å². The Hall–Kier alpha value is -1.84. The highest BCUT2D eigenvalue weighted by Crippen LogP contribution is 2.15. The summed E-state index contributed by atoms with van der Waals surface area (Å²) in [5.41, 5.74) is 7.09. The molecular weight excluding hydrogens is 154 g/mol. The van der Waals surface area contributed by atoms with Crippen molar-refractivity contribution in [3.05, 3.63) is 30.7 Å². The molecule has 0 saturated carbocycles. The lowest BCUT2D eigenvalue weighted by molar-refractivity contribution is 0.411. The van der Waals surface area contributed by atoms with Crippen LogP contribution in [0.15, 0.2) is 28.8 Å². The van der Waals surface area contributed by atoms with Crippen LogP contribution in [0.1, 0.15) is 0 Å². The molecule has 0 aliphatic heterocycles. The maximum atomic E-state index is 5.51. The number of aromatic nitrogens is 2. The summed E-state index contributed by atoms with van der Waals surface area (Å²) in [6.45, 7) is 0. The predicted octanol–water partition coefficient (Wildman–Crippen LogP) is 1.12. The quantitative estimate of drug-likeness (QED) is 0.635. The molecule has 4 nitrogen and oxygen atoms in total. The van der Waals surface area contributed by atoms with Crippen LogP contribution in [0.4, 0.5) is 5.69 Å². The van der Waals surface area contributed by atoms with Crippen molar-refractivity contribution < 1.29 is 4.52 Å². The number of rotatable bonds is 1. The van der Waals surface area contributed by atoms with E-state index in [9.17, 15) is 0 Å². The molecule has 4 heteroatoms. The van der Waals surface area contributed by atoms with E-state index >= 15 is 0 Å². The lowest BCUT2D eigenvalue weighted by atomic mass is 10.2. The molecule has 0 unspecified atom stereocenters. The molecule has 12 heavy (non-hydrogen) atoms. The van der Waals surface area contributed by atoms with Crippen molar-refractivity contribution in [2.45, 2.75) is 0 Å². The van der Waals surface area contributed by atoms with Crippen LogP contribution in [0.2, 0.25) is 0 Å². The largest absolute Gasteiger partial charge is 0.399 e. The monoisotopic (exact) mass is 160 g/mol. The first kappa shape index (κ1) is 6.84. The Morgan fingerprint density at radius 3 is 2.58 bits per heavy atom. The van der Waals surface area contributed by atoms with Gasteiger partial charge in [-0.1, -0.05) is 5.16 Å². The van der Waals surface area contributed by atoms with E-state index in [1.54, 1.807) is 12.1 Å². The fourth-order valence-electron chi connectivity index (χ4n) is 0.897. The maximum absolute atomic E-state index is 5.51. The molecule has 1 heterocycles.